The Morgan fingerprint density at radius 2 is 2.33 bits per heavy atom. The van der Waals surface area contributed by atoms with Crippen LogP contribution in [0.2, 0.25) is 0 Å². The maximum Gasteiger partial charge on any atom is 0.254 e. The van der Waals surface area contributed by atoms with Crippen molar-refractivity contribution in [3.05, 3.63) is 23.9 Å². The molecule has 0 spiro atoms. The lowest BCUT2D eigenvalue weighted by Gasteiger charge is -2.24. The third-order valence-electron chi connectivity index (χ3n) is 3.34. The van der Waals surface area contributed by atoms with Crippen molar-refractivity contribution in [1.29, 1.82) is 0 Å². The van der Waals surface area contributed by atoms with Crippen molar-refractivity contribution >= 4 is 11.7 Å². The van der Waals surface area contributed by atoms with Crippen molar-refractivity contribution in [2.75, 3.05) is 32.1 Å². The Labute approximate surface area is 108 Å². The molecule has 0 saturated carbocycles. The van der Waals surface area contributed by atoms with Gasteiger partial charge >= 0.3 is 0 Å². The first-order valence-corrected chi connectivity index (χ1v) is 6.28. The van der Waals surface area contributed by atoms with Gasteiger partial charge in [0.1, 0.15) is 5.82 Å². The van der Waals surface area contributed by atoms with Gasteiger partial charge in [-0.3, -0.25) is 4.79 Å². The Bertz CT molecular complexity index is 416. The van der Waals surface area contributed by atoms with Crippen LogP contribution in [-0.4, -0.2) is 49.0 Å². The molecule has 98 valence electrons. The van der Waals surface area contributed by atoms with Gasteiger partial charge in [0.05, 0.1) is 5.56 Å². The monoisotopic (exact) mass is 248 g/mol. The van der Waals surface area contributed by atoms with E-state index in [1.807, 2.05) is 12.1 Å². The van der Waals surface area contributed by atoms with Crippen LogP contribution >= 0.6 is 0 Å². The van der Waals surface area contributed by atoms with E-state index in [2.05, 4.69) is 9.88 Å². The maximum absolute atomic E-state index is 11.7. The summed E-state index contributed by atoms with van der Waals surface area (Å²) in [4.78, 5) is 19.9. The van der Waals surface area contributed by atoms with Crippen LogP contribution in [0.3, 0.4) is 0 Å². The van der Waals surface area contributed by atoms with Crippen LogP contribution in [-0.2, 0) is 0 Å². The van der Waals surface area contributed by atoms with Crippen molar-refractivity contribution in [3.8, 4) is 0 Å². The number of amides is 1. The van der Waals surface area contributed by atoms with Crippen LogP contribution < -0.4 is 10.6 Å². The summed E-state index contributed by atoms with van der Waals surface area (Å²) in [6, 6.07) is 4.12. The first kappa shape index (κ1) is 12.8. The Morgan fingerprint density at radius 1 is 1.56 bits per heavy atom. The number of hydrogen-bond donors (Lipinski definition) is 1. The molecule has 0 radical (unpaired) electrons. The van der Waals surface area contributed by atoms with E-state index in [0.29, 0.717) is 18.2 Å². The van der Waals surface area contributed by atoms with E-state index in [0.717, 1.165) is 25.2 Å². The molecule has 0 aliphatic carbocycles. The summed E-state index contributed by atoms with van der Waals surface area (Å²) in [5, 5.41) is 0. The van der Waals surface area contributed by atoms with Crippen molar-refractivity contribution in [2.24, 2.45) is 5.73 Å². The second-order valence-corrected chi connectivity index (χ2v) is 4.83. The lowest BCUT2D eigenvalue weighted by Crippen LogP contribution is -2.35. The number of nitrogens with two attached hydrogens (primary N) is 1. The van der Waals surface area contributed by atoms with Crippen molar-refractivity contribution < 1.29 is 4.79 Å². The summed E-state index contributed by atoms with van der Waals surface area (Å²) in [6.07, 6.45) is 3.92. The predicted molar refractivity (Wildman–Crippen MR) is 71.7 cm³/mol. The molecule has 0 bridgehead atoms. The third kappa shape index (κ3) is 2.46. The first-order chi connectivity index (χ1) is 8.63. The largest absolute Gasteiger partial charge is 0.352 e. The number of rotatable bonds is 3. The standard InChI is InChI=1S/C13H20N4O/c1-16(2)13(18)10-5-6-12(15-9-10)17-7-3-4-11(17)8-14/h5-6,9,11H,3-4,7-8,14H2,1-2H3. The van der Waals surface area contributed by atoms with Gasteiger partial charge in [-0.1, -0.05) is 0 Å². The number of pyridine rings is 1. The quantitative estimate of drug-likeness (QED) is 0.855. The number of carbonyl (C=O) groups excluding carboxylic acids is 1. The average molecular weight is 248 g/mol. The fraction of sp³-hybridized carbons (Fsp3) is 0.538. The summed E-state index contributed by atoms with van der Waals surface area (Å²) >= 11 is 0. The van der Waals surface area contributed by atoms with Crippen LogP contribution in [0.15, 0.2) is 18.3 Å². The van der Waals surface area contributed by atoms with Gasteiger partial charge in [-0.2, -0.15) is 0 Å². The second kappa shape index (κ2) is 5.35. The summed E-state index contributed by atoms with van der Waals surface area (Å²) in [7, 11) is 3.47. The van der Waals surface area contributed by atoms with Crippen LogP contribution in [0.25, 0.3) is 0 Å². The van der Waals surface area contributed by atoms with Gasteiger partial charge in [0, 0.05) is 39.4 Å². The zero-order chi connectivity index (χ0) is 13.1. The predicted octanol–water partition coefficient (Wildman–Crippen LogP) is 0.711. The van der Waals surface area contributed by atoms with Gasteiger partial charge in [0.25, 0.3) is 5.91 Å². The molecule has 1 amide bonds. The van der Waals surface area contributed by atoms with Crippen molar-refractivity contribution in [1.82, 2.24) is 9.88 Å². The van der Waals surface area contributed by atoms with Gasteiger partial charge in [-0.15, -0.1) is 0 Å². The molecule has 1 unspecified atom stereocenters. The minimum absolute atomic E-state index is 0.0224. The maximum atomic E-state index is 11.7. The number of aromatic nitrogens is 1. The van der Waals surface area contributed by atoms with E-state index in [1.54, 1.807) is 25.2 Å². The number of anilines is 1. The molecule has 1 aliphatic heterocycles. The van der Waals surface area contributed by atoms with E-state index in [9.17, 15) is 4.79 Å². The summed E-state index contributed by atoms with van der Waals surface area (Å²) in [5.41, 5.74) is 6.37. The summed E-state index contributed by atoms with van der Waals surface area (Å²) < 4.78 is 0. The molecular weight excluding hydrogens is 228 g/mol. The molecule has 18 heavy (non-hydrogen) atoms. The number of carbonyl (C=O) groups is 1. The number of nitrogens with zero attached hydrogens (tertiary/aromatic N) is 3. The highest BCUT2D eigenvalue weighted by atomic mass is 16.2. The zero-order valence-electron chi connectivity index (χ0n) is 11.0. The van der Waals surface area contributed by atoms with E-state index < -0.39 is 0 Å². The van der Waals surface area contributed by atoms with Gasteiger partial charge in [0.15, 0.2) is 0 Å². The van der Waals surface area contributed by atoms with E-state index in [4.69, 9.17) is 5.73 Å². The van der Waals surface area contributed by atoms with Gasteiger partial charge in [0.2, 0.25) is 0 Å². The minimum atomic E-state index is -0.0224. The van der Waals surface area contributed by atoms with Crippen molar-refractivity contribution in [2.45, 2.75) is 18.9 Å². The van der Waals surface area contributed by atoms with E-state index in [1.165, 1.54) is 0 Å². The lowest BCUT2D eigenvalue weighted by molar-refractivity contribution is 0.0827. The molecule has 1 atom stereocenters. The van der Waals surface area contributed by atoms with Gasteiger partial charge < -0.3 is 15.5 Å². The molecule has 1 aromatic heterocycles. The molecule has 1 fully saturated rings. The molecule has 2 heterocycles. The molecule has 5 nitrogen and oxygen atoms in total. The highest BCUT2D eigenvalue weighted by molar-refractivity contribution is 5.93. The molecule has 1 aromatic rings. The second-order valence-electron chi connectivity index (χ2n) is 4.83. The van der Waals surface area contributed by atoms with Gasteiger partial charge in [-0.05, 0) is 25.0 Å². The molecule has 1 aliphatic rings. The van der Waals surface area contributed by atoms with E-state index >= 15 is 0 Å². The highest BCUT2D eigenvalue weighted by Crippen LogP contribution is 2.23. The highest BCUT2D eigenvalue weighted by Gasteiger charge is 2.24. The fourth-order valence-corrected chi connectivity index (χ4v) is 2.32. The number of hydrogen-bond acceptors (Lipinski definition) is 4. The average Bonchev–Trinajstić information content (AvgIpc) is 2.86. The zero-order valence-corrected chi connectivity index (χ0v) is 11.0. The Morgan fingerprint density at radius 3 is 2.89 bits per heavy atom. The Balaban J connectivity index is 2.15. The third-order valence-corrected chi connectivity index (χ3v) is 3.34. The fourth-order valence-electron chi connectivity index (χ4n) is 2.32. The molecular formula is C13H20N4O. The Hall–Kier alpha value is -1.62. The minimum Gasteiger partial charge on any atom is -0.352 e. The first-order valence-electron chi connectivity index (χ1n) is 6.28. The summed E-state index contributed by atoms with van der Waals surface area (Å²) in [6.45, 7) is 1.65. The summed E-state index contributed by atoms with van der Waals surface area (Å²) in [5.74, 6) is 0.893. The van der Waals surface area contributed by atoms with Gasteiger partial charge in [-0.25, -0.2) is 4.98 Å². The topological polar surface area (TPSA) is 62.5 Å². The molecule has 2 N–H and O–H groups in total. The van der Waals surface area contributed by atoms with E-state index in [-0.39, 0.29) is 5.91 Å². The van der Waals surface area contributed by atoms with Crippen molar-refractivity contribution in [3.63, 3.8) is 0 Å². The smallest absolute Gasteiger partial charge is 0.254 e. The SMILES string of the molecule is CN(C)C(=O)c1ccc(N2CCCC2CN)nc1. The normalized spacial score (nSPS) is 19.1. The van der Waals surface area contributed by atoms with Crippen LogP contribution in [0, 0.1) is 0 Å². The van der Waals surface area contributed by atoms with Crippen LogP contribution in [0.1, 0.15) is 23.2 Å². The molecule has 2 rings (SSSR count). The lowest BCUT2D eigenvalue weighted by atomic mass is 10.2. The Kier molecular flexibility index (Phi) is 3.81. The molecule has 1 saturated heterocycles. The van der Waals surface area contributed by atoms with Crippen LogP contribution in [0.5, 0.6) is 0 Å². The molecule has 0 aromatic carbocycles. The van der Waals surface area contributed by atoms with Crippen LogP contribution in [0.4, 0.5) is 5.82 Å². The molecule has 5 heteroatoms.